The summed E-state index contributed by atoms with van der Waals surface area (Å²) in [6.45, 7) is 6.92. The topological polar surface area (TPSA) is 32.3 Å². The molecule has 2 nitrogen and oxygen atoms in total. The van der Waals surface area contributed by atoms with Crippen molar-refractivity contribution in [2.75, 3.05) is 6.54 Å². The van der Waals surface area contributed by atoms with E-state index in [1.54, 1.807) is 0 Å². The zero-order valence-electron chi connectivity index (χ0n) is 6.52. The molecule has 0 radical (unpaired) electrons. The number of aliphatic hydroxyl groups excluding tert-OH is 1. The predicted octanol–water partition coefficient (Wildman–Crippen LogP) is 0.755. The third-order valence-electron chi connectivity index (χ3n) is 1.11. The molecule has 0 saturated carbocycles. The van der Waals surface area contributed by atoms with Crippen LogP contribution >= 0.6 is 0 Å². The molecule has 2 N–H and O–H groups in total. The van der Waals surface area contributed by atoms with Gasteiger partial charge in [-0.1, -0.05) is 13.8 Å². The Hall–Kier alpha value is -0.0800. The summed E-state index contributed by atoms with van der Waals surface area (Å²) >= 11 is 0. The smallest absolute Gasteiger partial charge is 0.0524 e. The van der Waals surface area contributed by atoms with Gasteiger partial charge < -0.3 is 10.4 Å². The highest BCUT2D eigenvalue weighted by atomic mass is 16.3. The first-order valence-corrected chi connectivity index (χ1v) is 3.54. The van der Waals surface area contributed by atoms with Crippen molar-refractivity contribution in [3.05, 3.63) is 0 Å². The summed E-state index contributed by atoms with van der Waals surface area (Å²) in [4.78, 5) is 0. The summed E-state index contributed by atoms with van der Waals surface area (Å²) in [6.07, 6.45) is 0.675. The number of nitrogens with one attached hydrogen (secondary N) is 1. The lowest BCUT2D eigenvalue weighted by atomic mass is 10.3. The summed E-state index contributed by atoms with van der Waals surface area (Å²) in [7, 11) is 0. The number of hydrogen-bond donors (Lipinski definition) is 2. The summed E-state index contributed by atoms with van der Waals surface area (Å²) in [5, 5.41) is 12.0. The summed E-state index contributed by atoms with van der Waals surface area (Å²) in [6, 6.07) is 0.531. The quantitative estimate of drug-likeness (QED) is 0.590. The molecular weight excluding hydrogens is 114 g/mol. The SMILES string of the molecule is CC(C)NCC[C@H](C)O. The van der Waals surface area contributed by atoms with Crippen molar-refractivity contribution in [2.45, 2.75) is 39.3 Å². The Kier molecular flexibility index (Phi) is 4.72. The van der Waals surface area contributed by atoms with E-state index in [2.05, 4.69) is 19.2 Å². The maximum Gasteiger partial charge on any atom is 0.0524 e. The largest absolute Gasteiger partial charge is 0.393 e. The molecule has 0 fully saturated rings. The molecule has 0 spiro atoms. The first-order chi connectivity index (χ1) is 4.13. The van der Waals surface area contributed by atoms with Gasteiger partial charge >= 0.3 is 0 Å². The van der Waals surface area contributed by atoms with Crippen LogP contribution < -0.4 is 5.32 Å². The Labute approximate surface area is 57.3 Å². The standard InChI is InChI=1S/C7H17NO/c1-6(2)8-5-4-7(3)9/h6-9H,4-5H2,1-3H3/t7-/m0/s1. The van der Waals surface area contributed by atoms with E-state index in [0.29, 0.717) is 6.04 Å². The second-order valence-electron chi connectivity index (χ2n) is 2.75. The zero-order valence-corrected chi connectivity index (χ0v) is 6.52. The van der Waals surface area contributed by atoms with Crippen molar-refractivity contribution in [1.82, 2.24) is 5.32 Å². The van der Waals surface area contributed by atoms with E-state index in [-0.39, 0.29) is 6.10 Å². The van der Waals surface area contributed by atoms with Gasteiger partial charge in [-0.3, -0.25) is 0 Å². The van der Waals surface area contributed by atoms with E-state index in [9.17, 15) is 0 Å². The monoisotopic (exact) mass is 131 g/mol. The first-order valence-electron chi connectivity index (χ1n) is 3.54. The Morgan fingerprint density at radius 1 is 1.33 bits per heavy atom. The summed E-state index contributed by atoms with van der Waals surface area (Å²) < 4.78 is 0. The highest BCUT2D eigenvalue weighted by Gasteiger charge is 1.95. The molecule has 0 aromatic carbocycles. The minimum absolute atomic E-state index is 0.170. The fourth-order valence-corrected chi connectivity index (χ4v) is 0.581. The van der Waals surface area contributed by atoms with E-state index in [1.807, 2.05) is 6.92 Å². The molecular formula is C7H17NO. The van der Waals surface area contributed by atoms with Crippen molar-refractivity contribution in [3.8, 4) is 0 Å². The normalized spacial score (nSPS) is 14.3. The van der Waals surface area contributed by atoms with E-state index in [0.717, 1.165) is 13.0 Å². The lowest BCUT2D eigenvalue weighted by Crippen LogP contribution is -2.25. The van der Waals surface area contributed by atoms with Crippen molar-refractivity contribution >= 4 is 0 Å². The summed E-state index contributed by atoms with van der Waals surface area (Å²) in [5.74, 6) is 0. The molecule has 0 heterocycles. The molecule has 0 amide bonds. The van der Waals surface area contributed by atoms with Gasteiger partial charge in [-0.2, -0.15) is 0 Å². The molecule has 0 unspecified atom stereocenters. The average molecular weight is 131 g/mol. The fraction of sp³-hybridized carbons (Fsp3) is 1.00. The minimum Gasteiger partial charge on any atom is -0.393 e. The van der Waals surface area contributed by atoms with E-state index in [4.69, 9.17) is 5.11 Å². The van der Waals surface area contributed by atoms with Crippen LogP contribution in [0.15, 0.2) is 0 Å². The molecule has 0 rings (SSSR count). The van der Waals surface area contributed by atoms with Gasteiger partial charge in [-0.15, -0.1) is 0 Å². The van der Waals surface area contributed by atoms with Crippen molar-refractivity contribution in [1.29, 1.82) is 0 Å². The zero-order chi connectivity index (χ0) is 7.28. The molecule has 1 atom stereocenters. The van der Waals surface area contributed by atoms with E-state index in [1.165, 1.54) is 0 Å². The van der Waals surface area contributed by atoms with Crippen molar-refractivity contribution in [2.24, 2.45) is 0 Å². The van der Waals surface area contributed by atoms with Crippen molar-refractivity contribution < 1.29 is 5.11 Å². The van der Waals surface area contributed by atoms with Gasteiger partial charge in [0.1, 0.15) is 0 Å². The Morgan fingerprint density at radius 3 is 2.22 bits per heavy atom. The van der Waals surface area contributed by atoms with Crippen molar-refractivity contribution in [3.63, 3.8) is 0 Å². The first kappa shape index (κ1) is 8.92. The fourth-order valence-electron chi connectivity index (χ4n) is 0.581. The molecule has 0 aliphatic rings. The maximum absolute atomic E-state index is 8.83. The van der Waals surface area contributed by atoms with Crippen LogP contribution in [0.1, 0.15) is 27.2 Å². The predicted molar refractivity (Wildman–Crippen MR) is 39.4 cm³/mol. The molecule has 0 aliphatic carbocycles. The van der Waals surface area contributed by atoms with Crippen LogP contribution in [0.3, 0.4) is 0 Å². The highest BCUT2D eigenvalue weighted by molar-refractivity contribution is 4.54. The van der Waals surface area contributed by atoms with Gasteiger partial charge in [0.25, 0.3) is 0 Å². The van der Waals surface area contributed by atoms with Gasteiger partial charge in [-0.25, -0.2) is 0 Å². The molecule has 0 aromatic rings. The Bertz CT molecular complexity index is 53.9. The van der Waals surface area contributed by atoms with Crippen LogP contribution in [0, 0.1) is 0 Å². The molecule has 2 heteroatoms. The van der Waals surface area contributed by atoms with E-state index < -0.39 is 0 Å². The van der Waals surface area contributed by atoms with Crippen LogP contribution in [-0.4, -0.2) is 23.8 Å². The number of aliphatic hydroxyl groups is 1. The Morgan fingerprint density at radius 2 is 1.89 bits per heavy atom. The van der Waals surface area contributed by atoms with Crippen LogP contribution in [-0.2, 0) is 0 Å². The van der Waals surface area contributed by atoms with Gasteiger partial charge in [0.2, 0.25) is 0 Å². The second kappa shape index (κ2) is 4.77. The molecule has 56 valence electrons. The second-order valence-corrected chi connectivity index (χ2v) is 2.75. The van der Waals surface area contributed by atoms with Gasteiger partial charge in [0.05, 0.1) is 6.10 Å². The number of hydrogen-bond acceptors (Lipinski definition) is 2. The Balaban J connectivity index is 2.91. The maximum atomic E-state index is 8.83. The van der Waals surface area contributed by atoms with Crippen LogP contribution in [0.4, 0.5) is 0 Å². The average Bonchev–Trinajstić information content (AvgIpc) is 1.63. The van der Waals surface area contributed by atoms with Crippen LogP contribution in [0.2, 0.25) is 0 Å². The van der Waals surface area contributed by atoms with Gasteiger partial charge in [-0.05, 0) is 19.9 Å². The lowest BCUT2D eigenvalue weighted by Gasteiger charge is -2.08. The lowest BCUT2D eigenvalue weighted by molar-refractivity contribution is 0.183. The number of rotatable bonds is 4. The molecule has 0 aliphatic heterocycles. The summed E-state index contributed by atoms with van der Waals surface area (Å²) in [5.41, 5.74) is 0. The molecule has 0 aromatic heterocycles. The van der Waals surface area contributed by atoms with Crippen LogP contribution in [0.25, 0.3) is 0 Å². The van der Waals surface area contributed by atoms with Gasteiger partial charge in [0, 0.05) is 6.04 Å². The molecule has 0 saturated heterocycles. The van der Waals surface area contributed by atoms with Crippen LogP contribution in [0.5, 0.6) is 0 Å². The molecule has 0 bridgehead atoms. The third-order valence-corrected chi connectivity index (χ3v) is 1.11. The van der Waals surface area contributed by atoms with E-state index >= 15 is 0 Å². The highest BCUT2D eigenvalue weighted by Crippen LogP contribution is 1.86. The van der Waals surface area contributed by atoms with Gasteiger partial charge in [0.15, 0.2) is 0 Å². The molecule has 9 heavy (non-hydrogen) atoms. The minimum atomic E-state index is -0.170. The third kappa shape index (κ3) is 7.92.